The minimum Gasteiger partial charge on any atom is -0.378 e. The van der Waals surface area contributed by atoms with Crippen LogP contribution in [0.25, 0.3) is 0 Å². The molecule has 0 atom stereocenters. The molecular weight excluding hydrogens is 160 g/mol. The molecule has 72 valence electrons. The molecule has 0 saturated carbocycles. The number of hydrogen-bond donors (Lipinski definition) is 0. The van der Waals surface area contributed by atoms with Crippen LogP contribution in [-0.4, -0.2) is 28.2 Å². The Kier molecular flexibility index (Phi) is 2.81. The molecular formula is C11H18N2. The van der Waals surface area contributed by atoms with Crippen LogP contribution < -0.4 is 9.80 Å². The lowest BCUT2D eigenvalue weighted by atomic mass is 10.2. The fourth-order valence-electron chi connectivity index (χ4n) is 1.26. The highest BCUT2D eigenvalue weighted by Gasteiger charge is 2.01. The Balaban J connectivity index is 3.11. The Morgan fingerprint density at radius 3 is 1.46 bits per heavy atom. The van der Waals surface area contributed by atoms with Crippen LogP contribution in [0.15, 0.2) is 18.2 Å². The van der Waals surface area contributed by atoms with Gasteiger partial charge in [0.2, 0.25) is 0 Å². The standard InChI is InChI=1S/C11H18N2/c1-9-6-10(12(2)3)8-11(7-9)13(4)5/h6-8H,1-5H3. The van der Waals surface area contributed by atoms with E-state index in [4.69, 9.17) is 0 Å². The van der Waals surface area contributed by atoms with E-state index in [2.05, 4.69) is 63.1 Å². The van der Waals surface area contributed by atoms with Gasteiger partial charge >= 0.3 is 0 Å². The smallest absolute Gasteiger partial charge is 0.0384 e. The SMILES string of the molecule is Cc1cc(N(C)C)cc(N(C)C)c1. The highest BCUT2D eigenvalue weighted by atomic mass is 15.1. The van der Waals surface area contributed by atoms with Crippen molar-refractivity contribution < 1.29 is 0 Å². The fourth-order valence-corrected chi connectivity index (χ4v) is 1.26. The molecule has 0 aliphatic heterocycles. The summed E-state index contributed by atoms with van der Waals surface area (Å²) in [5.41, 5.74) is 3.81. The molecule has 0 aromatic heterocycles. The number of aryl methyl sites for hydroxylation is 1. The Labute approximate surface area is 80.8 Å². The highest BCUT2D eigenvalue weighted by molar-refractivity contribution is 5.60. The van der Waals surface area contributed by atoms with E-state index in [0.717, 1.165) is 0 Å². The van der Waals surface area contributed by atoms with Crippen molar-refractivity contribution >= 4 is 11.4 Å². The highest BCUT2D eigenvalue weighted by Crippen LogP contribution is 2.22. The van der Waals surface area contributed by atoms with E-state index >= 15 is 0 Å². The van der Waals surface area contributed by atoms with E-state index in [1.807, 2.05) is 0 Å². The molecule has 0 unspecified atom stereocenters. The zero-order chi connectivity index (χ0) is 10.0. The number of benzene rings is 1. The van der Waals surface area contributed by atoms with Crippen molar-refractivity contribution in [1.29, 1.82) is 0 Å². The molecule has 0 amide bonds. The van der Waals surface area contributed by atoms with Gasteiger partial charge in [-0.05, 0) is 30.7 Å². The van der Waals surface area contributed by atoms with E-state index in [0.29, 0.717) is 0 Å². The predicted molar refractivity (Wildman–Crippen MR) is 59.8 cm³/mol. The molecule has 0 radical (unpaired) electrons. The lowest BCUT2D eigenvalue weighted by Crippen LogP contribution is -2.12. The van der Waals surface area contributed by atoms with Crippen molar-refractivity contribution in [2.45, 2.75) is 6.92 Å². The van der Waals surface area contributed by atoms with Gasteiger partial charge in [0, 0.05) is 39.6 Å². The molecule has 13 heavy (non-hydrogen) atoms. The molecule has 0 heterocycles. The van der Waals surface area contributed by atoms with Gasteiger partial charge in [0.05, 0.1) is 0 Å². The van der Waals surface area contributed by atoms with Gasteiger partial charge < -0.3 is 9.80 Å². The summed E-state index contributed by atoms with van der Waals surface area (Å²) in [6.07, 6.45) is 0. The van der Waals surface area contributed by atoms with Gasteiger partial charge in [0.25, 0.3) is 0 Å². The molecule has 0 aliphatic rings. The van der Waals surface area contributed by atoms with Crippen LogP contribution in [0.5, 0.6) is 0 Å². The van der Waals surface area contributed by atoms with Gasteiger partial charge in [-0.15, -0.1) is 0 Å². The summed E-state index contributed by atoms with van der Waals surface area (Å²) >= 11 is 0. The van der Waals surface area contributed by atoms with Gasteiger partial charge in [-0.3, -0.25) is 0 Å². The van der Waals surface area contributed by atoms with Gasteiger partial charge in [-0.2, -0.15) is 0 Å². The Bertz CT molecular complexity index is 264. The van der Waals surface area contributed by atoms with Crippen molar-refractivity contribution in [1.82, 2.24) is 0 Å². The van der Waals surface area contributed by atoms with Crippen molar-refractivity contribution in [3.63, 3.8) is 0 Å². The third-order valence-electron chi connectivity index (χ3n) is 2.08. The lowest BCUT2D eigenvalue weighted by Gasteiger charge is -2.18. The Hall–Kier alpha value is -1.18. The fraction of sp³-hybridized carbons (Fsp3) is 0.455. The van der Waals surface area contributed by atoms with E-state index in [-0.39, 0.29) is 0 Å². The average Bonchev–Trinajstić information content (AvgIpc) is 2.03. The quantitative estimate of drug-likeness (QED) is 0.684. The van der Waals surface area contributed by atoms with Crippen molar-refractivity contribution in [2.24, 2.45) is 0 Å². The first kappa shape index (κ1) is 9.90. The minimum absolute atomic E-state index is 1.25. The summed E-state index contributed by atoms with van der Waals surface area (Å²) in [5.74, 6) is 0. The maximum absolute atomic E-state index is 2.19. The number of nitrogens with zero attached hydrogens (tertiary/aromatic N) is 2. The third-order valence-corrected chi connectivity index (χ3v) is 2.08. The van der Waals surface area contributed by atoms with Crippen LogP contribution in [0.1, 0.15) is 5.56 Å². The summed E-state index contributed by atoms with van der Waals surface area (Å²) < 4.78 is 0. The molecule has 1 aromatic carbocycles. The molecule has 2 heteroatoms. The van der Waals surface area contributed by atoms with E-state index < -0.39 is 0 Å². The first-order chi connectivity index (χ1) is 6.00. The van der Waals surface area contributed by atoms with Crippen LogP contribution in [0.3, 0.4) is 0 Å². The molecule has 0 spiro atoms. The second-order valence-corrected chi connectivity index (χ2v) is 3.82. The second-order valence-electron chi connectivity index (χ2n) is 3.82. The predicted octanol–water partition coefficient (Wildman–Crippen LogP) is 2.13. The van der Waals surface area contributed by atoms with Crippen LogP contribution in [0.2, 0.25) is 0 Å². The normalized spacial score (nSPS) is 9.92. The van der Waals surface area contributed by atoms with Gasteiger partial charge in [0.1, 0.15) is 0 Å². The van der Waals surface area contributed by atoms with Crippen LogP contribution in [0, 0.1) is 6.92 Å². The Morgan fingerprint density at radius 2 is 1.15 bits per heavy atom. The summed E-state index contributed by atoms with van der Waals surface area (Å²) in [6, 6.07) is 6.56. The van der Waals surface area contributed by atoms with Gasteiger partial charge in [-0.25, -0.2) is 0 Å². The van der Waals surface area contributed by atoms with Crippen LogP contribution in [0.4, 0.5) is 11.4 Å². The molecule has 0 saturated heterocycles. The molecule has 0 bridgehead atoms. The summed E-state index contributed by atoms with van der Waals surface area (Å²) in [6.45, 7) is 2.12. The van der Waals surface area contributed by atoms with Crippen LogP contribution in [-0.2, 0) is 0 Å². The number of anilines is 2. The van der Waals surface area contributed by atoms with Gasteiger partial charge in [0.15, 0.2) is 0 Å². The van der Waals surface area contributed by atoms with Gasteiger partial charge in [-0.1, -0.05) is 0 Å². The molecule has 1 aromatic rings. The monoisotopic (exact) mass is 178 g/mol. The third kappa shape index (κ3) is 2.38. The molecule has 0 aliphatic carbocycles. The van der Waals surface area contributed by atoms with E-state index in [1.165, 1.54) is 16.9 Å². The molecule has 1 rings (SSSR count). The first-order valence-corrected chi connectivity index (χ1v) is 4.47. The topological polar surface area (TPSA) is 6.48 Å². The largest absolute Gasteiger partial charge is 0.378 e. The number of rotatable bonds is 2. The van der Waals surface area contributed by atoms with E-state index in [1.54, 1.807) is 0 Å². The first-order valence-electron chi connectivity index (χ1n) is 4.47. The van der Waals surface area contributed by atoms with Crippen LogP contribution >= 0.6 is 0 Å². The second kappa shape index (κ2) is 3.69. The van der Waals surface area contributed by atoms with Crippen molar-refractivity contribution in [3.8, 4) is 0 Å². The zero-order valence-corrected chi connectivity index (χ0v) is 9.13. The Morgan fingerprint density at radius 1 is 0.769 bits per heavy atom. The van der Waals surface area contributed by atoms with Crippen molar-refractivity contribution in [2.75, 3.05) is 38.0 Å². The van der Waals surface area contributed by atoms with Crippen molar-refractivity contribution in [3.05, 3.63) is 23.8 Å². The van der Waals surface area contributed by atoms with E-state index in [9.17, 15) is 0 Å². The molecule has 0 fully saturated rings. The average molecular weight is 178 g/mol. The molecule has 0 N–H and O–H groups in total. The summed E-state index contributed by atoms with van der Waals surface area (Å²) in [7, 11) is 8.25. The lowest BCUT2D eigenvalue weighted by molar-refractivity contribution is 1.10. The number of hydrogen-bond acceptors (Lipinski definition) is 2. The maximum atomic E-state index is 2.19. The molecule has 2 nitrogen and oxygen atoms in total. The summed E-state index contributed by atoms with van der Waals surface area (Å²) in [4.78, 5) is 4.25. The maximum Gasteiger partial charge on any atom is 0.0384 e. The minimum atomic E-state index is 1.25. The zero-order valence-electron chi connectivity index (χ0n) is 9.13. The summed E-state index contributed by atoms with van der Waals surface area (Å²) in [5, 5.41) is 0.